The first-order valence-corrected chi connectivity index (χ1v) is 11.0. The molecule has 0 spiro atoms. The average molecular weight is 429 g/mol. The number of ether oxygens (including phenoxy) is 2. The molecule has 0 unspecified atom stereocenters. The van der Waals surface area contributed by atoms with E-state index in [2.05, 4.69) is 21.9 Å². The van der Waals surface area contributed by atoms with Crippen molar-refractivity contribution in [2.24, 2.45) is 5.92 Å². The molecular formula is C24H29ClN2O3. The molecule has 0 aliphatic carbocycles. The van der Waals surface area contributed by atoms with Gasteiger partial charge in [0.2, 0.25) is 5.91 Å². The van der Waals surface area contributed by atoms with Gasteiger partial charge in [0.1, 0.15) is 11.5 Å². The van der Waals surface area contributed by atoms with E-state index in [9.17, 15) is 4.79 Å². The SMILES string of the molecule is COCCN1C(=O)CC[C@@H]2CN(Cc3cccc(Oc4ccc(Cl)cc4)c3)CC[C@@H]21. The molecule has 0 bridgehead atoms. The number of benzene rings is 2. The Bertz CT molecular complexity index is 858. The number of piperidine rings is 2. The minimum absolute atomic E-state index is 0.286. The van der Waals surface area contributed by atoms with Crippen molar-refractivity contribution in [3.05, 3.63) is 59.1 Å². The first-order chi connectivity index (χ1) is 14.6. The van der Waals surface area contributed by atoms with Crippen LogP contribution in [-0.2, 0) is 16.1 Å². The van der Waals surface area contributed by atoms with E-state index in [0.717, 1.165) is 44.0 Å². The van der Waals surface area contributed by atoms with Gasteiger partial charge in [-0.25, -0.2) is 0 Å². The Hall–Kier alpha value is -2.08. The Morgan fingerprint density at radius 3 is 2.73 bits per heavy atom. The number of methoxy groups -OCH3 is 1. The van der Waals surface area contributed by atoms with E-state index in [1.54, 1.807) is 7.11 Å². The Labute approximate surface area is 183 Å². The lowest BCUT2D eigenvalue weighted by Gasteiger charge is -2.47. The third-order valence-electron chi connectivity index (χ3n) is 6.12. The zero-order chi connectivity index (χ0) is 20.9. The van der Waals surface area contributed by atoms with Crippen molar-refractivity contribution in [3.8, 4) is 11.5 Å². The van der Waals surface area contributed by atoms with Crippen LogP contribution in [0, 0.1) is 5.92 Å². The normalized spacial score (nSPS) is 22.1. The van der Waals surface area contributed by atoms with Crippen LogP contribution in [0.25, 0.3) is 0 Å². The van der Waals surface area contributed by atoms with Gasteiger partial charge < -0.3 is 14.4 Å². The number of carbonyl (C=O) groups excluding carboxylic acids is 1. The van der Waals surface area contributed by atoms with Crippen LogP contribution >= 0.6 is 11.6 Å². The summed E-state index contributed by atoms with van der Waals surface area (Å²) in [4.78, 5) is 16.9. The fourth-order valence-corrected chi connectivity index (χ4v) is 4.78. The maximum absolute atomic E-state index is 12.4. The summed E-state index contributed by atoms with van der Waals surface area (Å²) in [6.45, 7) is 4.25. The molecule has 1 amide bonds. The predicted octanol–water partition coefficient (Wildman–Crippen LogP) is 4.59. The molecule has 30 heavy (non-hydrogen) atoms. The minimum atomic E-state index is 0.286. The highest BCUT2D eigenvalue weighted by Gasteiger charge is 2.38. The van der Waals surface area contributed by atoms with E-state index in [1.807, 2.05) is 36.4 Å². The summed E-state index contributed by atoms with van der Waals surface area (Å²) < 4.78 is 11.2. The molecule has 2 fully saturated rings. The van der Waals surface area contributed by atoms with Crippen molar-refractivity contribution < 1.29 is 14.3 Å². The van der Waals surface area contributed by atoms with Crippen LogP contribution < -0.4 is 4.74 Å². The molecule has 0 N–H and O–H groups in total. The second-order valence-electron chi connectivity index (χ2n) is 8.17. The van der Waals surface area contributed by atoms with Crippen molar-refractivity contribution in [1.29, 1.82) is 0 Å². The first kappa shape index (κ1) is 21.2. The Kier molecular flexibility index (Phi) is 6.93. The molecular weight excluding hydrogens is 400 g/mol. The summed E-state index contributed by atoms with van der Waals surface area (Å²) in [5.74, 6) is 2.44. The van der Waals surface area contributed by atoms with Crippen LogP contribution in [0.15, 0.2) is 48.5 Å². The van der Waals surface area contributed by atoms with Crippen molar-refractivity contribution in [3.63, 3.8) is 0 Å². The molecule has 2 aromatic carbocycles. The lowest BCUT2D eigenvalue weighted by molar-refractivity contribution is -0.142. The maximum Gasteiger partial charge on any atom is 0.222 e. The second-order valence-corrected chi connectivity index (χ2v) is 8.61. The van der Waals surface area contributed by atoms with Crippen molar-refractivity contribution in [2.45, 2.75) is 31.8 Å². The fraction of sp³-hybridized carbons (Fsp3) is 0.458. The molecule has 0 aromatic heterocycles. The standard InChI is InChI=1S/C24H29ClN2O3/c1-29-14-13-27-23-11-12-26(17-19(23)5-10-24(27)28)16-18-3-2-4-22(15-18)30-21-8-6-20(25)7-9-21/h2-4,6-9,15,19,23H,5,10-14,16-17H2,1H3/t19-,23+/m1/s1. The zero-order valence-corrected chi connectivity index (χ0v) is 18.2. The average Bonchev–Trinajstić information content (AvgIpc) is 2.75. The van der Waals surface area contributed by atoms with Gasteiger partial charge >= 0.3 is 0 Å². The highest BCUT2D eigenvalue weighted by atomic mass is 35.5. The van der Waals surface area contributed by atoms with Gasteiger partial charge in [-0.05, 0) is 60.7 Å². The lowest BCUT2D eigenvalue weighted by atomic mass is 9.83. The molecule has 2 aliphatic heterocycles. The topological polar surface area (TPSA) is 42.0 Å². The molecule has 0 saturated carbocycles. The van der Waals surface area contributed by atoms with Crippen LogP contribution in [0.3, 0.4) is 0 Å². The third-order valence-corrected chi connectivity index (χ3v) is 6.37. The van der Waals surface area contributed by atoms with Crippen molar-refractivity contribution >= 4 is 17.5 Å². The summed E-state index contributed by atoms with van der Waals surface area (Å²) in [6, 6.07) is 16.0. The van der Waals surface area contributed by atoms with E-state index in [-0.39, 0.29) is 5.91 Å². The zero-order valence-electron chi connectivity index (χ0n) is 17.4. The second kappa shape index (κ2) is 9.82. The highest BCUT2D eigenvalue weighted by Crippen LogP contribution is 2.32. The van der Waals surface area contributed by atoms with E-state index in [0.29, 0.717) is 36.6 Å². The van der Waals surface area contributed by atoms with Gasteiger partial charge in [-0.1, -0.05) is 23.7 Å². The number of nitrogens with zero attached hydrogens (tertiary/aromatic N) is 2. The quantitative estimate of drug-likeness (QED) is 0.646. The molecule has 160 valence electrons. The monoisotopic (exact) mass is 428 g/mol. The molecule has 0 radical (unpaired) electrons. The first-order valence-electron chi connectivity index (χ1n) is 10.7. The Morgan fingerprint density at radius 1 is 1.10 bits per heavy atom. The number of halogens is 1. The number of carbonyl (C=O) groups is 1. The van der Waals surface area contributed by atoms with Gasteiger partial charge in [0.05, 0.1) is 6.61 Å². The third kappa shape index (κ3) is 5.15. The molecule has 2 aliphatic rings. The van der Waals surface area contributed by atoms with Gasteiger partial charge in [0.15, 0.2) is 0 Å². The molecule has 2 aromatic rings. The van der Waals surface area contributed by atoms with Crippen LogP contribution in [0.5, 0.6) is 11.5 Å². The number of fused-ring (bicyclic) bond motifs is 1. The molecule has 5 nitrogen and oxygen atoms in total. The van der Waals surface area contributed by atoms with Gasteiger partial charge in [0, 0.05) is 50.8 Å². The molecule has 2 atom stereocenters. The number of hydrogen-bond donors (Lipinski definition) is 0. The summed E-state index contributed by atoms with van der Waals surface area (Å²) >= 11 is 5.95. The molecule has 2 heterocycles. The van der Waals surface area contributed by atoms with Crippen LogP contribution in [0.2, 0.25) is 5.02 Å². The van der Waals surface area contributed by atoms with E-state index in [1.165, 1.54) is 5.56 Å². The molecule has 6 heteroatoms. The Balaban J connectivity index is 1.36. The van der Waals surface area contributed by atoms with Crippen molar-refractivity contribution in [2.75, 3.05) is 33.4 Å². The maximum atomic E-state index is 12.4. The van der Waals surface area contributed by atoms with E-state index < -0.39 is 0 Å². The summed E-state index contributed by atoms with van der Waals surface area (Å²) in [6.07, 6.45) is 2.67. The van der Waals surface area contributed by atoms with E-state index in [4.69, 9.17) is 21.1 Å². The smallest absolute Gasteiger partial charge is 0.222 e. The van der Waals surface area contributed by atoms with Gasteiger partial charge in [0.25, 0.3) is 0 Å². The number of hydrogen-bond acceptors (Lipinski definition) is 4. The van der Waals surface area contributed by atoms with Crippen LogP contribution in [-0.4, -0.2) is 55.1 Å². The lowest BCUT2D eigenvalue weighted by Crippen LogP contribution is -2.56. The van der Waals surface area contributed by atoms with Gasteiger partial charge in [-0.15, -0.1) is 0 Å². The number of rotatable bonds is 7. The predicted molar refractivity (Wildman–Crippen MR) is 118 cm³/mol. The highest BCUT2D eigenvalue weighted by molar-refractivity contribution is 6.30. The summed E-state index contributed by atoms with van der Waals surface area (Å²) in [5.41, 5.74) is 1.24. The van der Waals surface area contributed by atoms with Crippen LogP contribution in [0.1, 0.15) is 24.8 Å². The fourth-order valence-electron chi connectivity index (χ4n) is 4.65. The largest absolute Gasteiger partial charge is 0.457 e. The molecule has 2 saturated heterocycles. The van der Waals surface area contributed by atoms with Crippen LogP contribution in [0.4, 0.5) is 0 Å². The van der Waals surface area contributed by atoms with Crippen molar-refractivity contribution in [1.82, 2.24) is 9.80 Å². The number of amides is 1. The van der Waals surface area contributed by atoms with E-state index >= 15 is 0 Å². The van der Waals surface area contributed by atoms with Gasteiger partial charge in [-0.3, -0.25) is 9.69 Å². The van der Waals surface area contributed by atoms with Gasteiger partial charge in [-0.2, -0.15) is 0 Å². The minimum Gasteiger partial charge on any atom is -0.457 e. The number of likely N-dealkylation sites (tertiary alicyclic amines) is 2. The Morgan fingerprint density at radius 2 is 1.93 bits per heavy atom. The molecule has 4 rings (SSSR count). The summed E-state index contributed by atoms with van der Waals surface area (Å²) in [7, 11) is 1.69. The summed E-state index contributed by atoms with van der Waals surface area (Å²) in [5, 5.41) is 0.699.